The SMILES string of the molecule is Cc1cccc(N2CCN(c3ncnc(NN(C)C)c3[N+](=O)[O-])CC2)c1C. The molecule has 1 fully saturated rings. The summed E-state index contributed by atoms with van der Waals surface area (Å²) in [7, 11) is 3.52. The van der Waals surface area contributed by atoms with Gasteiger partial charge in [-0.05, 0) is 31.0 Å². The van der Waals surface area contributed by atoms with Crippen LogP contribution in [-0.2, 0) is 0 Å². The van der Waals surface area contributed by atoms with Gasteiger partial charge < -0.3 is 9.80 Å². The zero-order valence-electron chi connectivity index (χ0n) is 16.1. The zero-order valence-corrected chi connectivity index (χ0v) is 16.1. The van der Waals surface area contributed by atoms with E-state index in [-0.39, 0.29) is 11.5 Å². The minimum absolute atomic E-state index is 0.0913. The van der Waals surface area contributed by atoms with E-state index in [9.17, 15) is 10.1 Å². The number of aryl methyl sites for hydroxylation is 1. The van der Waals surface area contributed by atoms with Crippen LogP contribution in [0.2, 0.25) is 0 Å². The molecule has 9 nitrogen and oxygen atoms in total. The van der Waals surface area contributed by atoms with Crippen LogP contribution in [0, 0.1) is 24.0 Å². The van der Waals surface area contributed by atoms with Gasteiger partial charge in [0.05, 0.1) is 4.92 Å². The minimum Gasteiger partial charge on any atom is -0.368 e. The molecule has 1 N–H and O–H groups in total. The van der Waals surface area contributed by atoms with Crippen LogP contribution in [0.25, 0.3) is 0 Å². The van der Waals surface area contributed by atoms with E-state index in [2.05, 4.69) is 52.3 Å². The first-order valence-corrected chi connectivity index (χ1v) is 8.88. The molecule has 0 atom stereocenters. The Bertz CT molecular complexity index is 832. The Balaban J connectivity index is 1.82. The summed E-state index contributed by atoms with van der Waals surface area (Å²) in [5.74, 6) is 0.562. The number of rotatable bonds is 5. The van der Waals surface area contributed by atoms with E-state index in [1.807, 2.05) is 4.90 Å². The molecule has 0 spiro atoms. The molecule has 1 saturated heterocycles. The Hall–Kier alpha value is -2.94. The second-order valence-electron chi connectivity index (χ2n) is 6.85. The maximum atomic E-state index is 11.7. The molecule has 0 saturated carbocycles. The summed E-state index contributed by atoms with van der Waals surface area (Å²) in [5.41, 5.74) is 6.56. The van der Waals surface area contributed by atoms with Gasteiger partial charge in [0.2, 0.25) is 11.6 Å². The summed E-state index contributed by atoms with van der Waals surface area (Å²) >= 11 is 0. The molecule has 144 valence electrons. The minimum atomic E-state index is -0.418. The van der Waals surface area contributed by atoms with E-state index in [1.165, 1.54) is 23.1 Å². The Morgan fingerprint density at radius 3 is 2.41 bits per heavy atom. The fraction of sp³-hybridized carbons (Fsp3) is 0.444. The lowest BCUT2D eigenvalue weighted by Crippen LogP contribution is -2.47. The third-order valence-electron chi connectivity index (χ3n) is 4.81. The summed E-state index contributed by atoms with van der Waals surface area (Å²) < 4.78 is 0. The highest BCUT2D eigenvalue weighted by molar-refractivity contribution is 5.70. The second-order valence-corrected chi connectivity index (χ2v) is 6.85. The first-order chi connectivity index (χ1) is 12.9. The van der Waals surface area contributed by atoms with Gasteiger partial charge in [-0.1, -0.05) is 12.1 Å². The third-order valence-corrected chi connectivity index (χ3v) is 4.81. The second kappa shape index (κ2) is 7.75. The molecule has 27 heavy (non-hydrogen) atoms. The molecule has 1 aromatic heterocycles. The van der Waals surface area contributed by atoms with Crippen LogP contribution in [0.4, 0.5) is 23.0 Å². The average molecular weight is 371 g/mol. The van der Waals surface area contributed by atoms with E-state index in [0.717, 1.165) is 13.1 Å². The number of nitrogens with one attached hydrogen (secondary N) is 1. The van der Waals surface area contributed by atoms with Gasteiger partial charge in [-0.25, -0.2) is 15.0 Å². The van der Waals surface area contributed by atoms with E-state index >= 15 is 0 Å². The number of hydrogen-bond acceptors (Lipinski definition) is 8. The Kier molecular flexibility index (Phi) is 5.41. The molecule has 0 radical (unpaired) electrons. The van der Waals surface area contributed by atoms with Crippen LogP contribution in [0.1, 0.15) is 11.1 Å². The van der Waals surface area contributed by atoms with Crippen LogP contribution in [-0.4, -0.2) is 60.2 Å². The quantitative estimate of drug-likeness (QED) is 0.632. The number of aromatic nitrogens is 2. The lowest BCUT2D eigenvalue weighted by atomic mass is 10.1. The fourth-order valence-corrected chi connectivity index (χ4v) is 3.30. The van der Waals surface area contributed by atoms with Gasteiger partial charge in [0.1, 0.15) is 6.33 Å². The summed E-state index contributed by atoms with van der Waals surface area (Å²) in [6.07, 6.45) is 1.37. The molecule has 2 aromatic rings. The molecule has 9 heteroatoms. The van der Waals surface area contributed by atoms with Crippen molar-refractivity contribution in [2.45, 2.75) is 13.8 Å². The fourth-order valence-electron chi connectivity index (χ4n) is 3.30. The van der Waals surface area contributed by atoms with Crippen LogP contribution in [0.5, 0.6) is 0 Å². The van der Waals surface area contributed by atoms with Crippen molar-refractivity contribution in [1.29, 1.82) is 0 Å². The molecule has 1 aliphatic heterocycles. The Morgan fingerprint density at radius 2 is 1.78 bits per heavy atom. The molecule has 0 bridgehead atoms. The van der Waals surface area contributed by atoms with E-state index in [1.54, 1.807) is 19.1 Å². The summed E-state index contributed by atoms with van der Waals surface area (Å²) in [5, 5.41) is 13.3. The van der Waals surface area contributed by atoms with E-state index < -0.39 is 4.92 Å². The molecule has 0 amide bonds. The summed E-state index contributed by atoms with van der Waals surface area (Å²) in [6, 6.07) is 6.31. The van der Waals surface area contributed by atoms with Gasteiger partial charge >= 0.3 is 5.69 Å². The molecular formula is C18H25N7O2. The summed E-state index contributed by atoms with van der Waals surface area (Å²) in [4.78, 5) is 23.8. The highest BCUT2D eigenvalue weighted by Gasteiger charge is 2.29. The Labute approximate surface area is 158 Å². The lowest BCUT2D eigenvalue weighted by Gasteiger charge is -2.37. The van der Waals surface area contributed by atoms with Gasteiger partial charge in [-0.3, -0.25) is 15.5 Å². The number of nitrogens with zero attached hydrogens (tertiary/aromatic N) is 6. The van der Waals surface area contributed by atoms with Crippen molar-refractivity contribution in [3.05, 3.63) is 45.8 Å². The zero-order chi connectivity index (χ0) is 19.6. The van der Waals surface area contributed by atoms with Crippen LogP contribution < -0.4 is 15.2 Å². The standard InChI is InChI=1S/C18H25N7O2/c1-13-6-5-7-15(14(13)2)23-8-10-24(11-9-23)18-16(25(26)27)17(19-12-20-18)21-22(3)4/h5-7,12H,8-11H2,1-4H3,(H,19,20,21). The lowest BCUT2D eigenvalue weighted by molar-refractivity contribution is -0.383. The first-order valence-electron chi connectivity index (χ1n) is 8.88. The largest absolute Gasteiger partial charge is 0.368 e. The van der Waals surface area contributed by atoms with Crippen molar-refractivity contribution in [3.8, 4) is 0 Å². The molecule has 3 rings (SSSR count). The Morgan fingerprint density at radius 1 is 1.11 bits per heavy atom. The van der Waals surface area contributed by atoms with Crippen molar-refractivity contribution >= 4 is 23.0 Å². The average Bonchev–Trinajstić information content (AvgIpc) is 2.63. The predicted octanol–water partition coefficient (Wildman–Crippen LogP) is 2.22. The van der Waals surface area contributed by atoms with Crippen molar-refractivity contribution in [2.24, 2.45) is 0 Å². The molecule has 1 aromatic carbocycles. The van der Waals surface area contributed by atoms with Crippen LogP contribution >= 0.6 is 0 Å². The van der Waals surface area contributed by atoms with Gasteiger partial charge in [-0.15, -0.1) is 0 Å². The third kappa shape index (κ3) is 3.92. The van der Waals surface area contributed by atoms with Crippen molar-refractivity contribution < 1.29 is 4.92 Å². The molecule has 0 aliphatic carbocycles. The molecular weight excluding hydrogens is 346 g/mol. The number of anilines is 3. The van der Waals surface area contributed by atoms with Crippen molar-refractivity contribution in [1.82, 2.24) is 15.0 Å². The smallest absolute Gasteiger partial charge is 0.354 e. The van der Waals surface area contributed by atoms with Gasteiger partial charge in [0.25, 0.3) is 0 Å². The number of nitro groups is 1. The number of piperazine rings is 1. The maximum absolute atomic E-state index is 11.7. The maximum Gasteiger partial charge on any atom is 0.354 e. The number of benzene rings is 1. The number of hydrogen-bond donors (Lipinski definition) is 1. The molecule has 0 unspecified atom stereocenters. The van der Waals surface area contributed by atoms with Crippen LogP contribution in [0.15, 0.2) is 24.5 Å². The highest BCUT2D eigenvalue weighted by Crippen LogP contribution is 2.33. The first kappa shape index (κ1) is 18.8. The topological polar surface area (TPSA) is 90.7 Å². The monoisotopic (exact) mass is 371 g/mol. The van der Waals surface area contributed by atoms with Crippen LogP contribution in [0.3, 0.4) is 0 Å². The number of hydrazine groups is 1. The molecule has 1 aliphatic rings. The summed E-state index contributed by atoms with van der Waals surface area (Å²) in [6.45, 7) is 7.12. The normalized spacial score (nSPS) is 14.6. The van der Waals surface area contributed by atoms with Gasteiger partial charge in [0.15, 0.2) is 0 Å². The van der Waals surface area contributed by atoms with E-state index in [4.69, 9.17) is 0 Å². The van der Waals surface area contributed by atoms with Gasteiger partial charge in [0, 0.05) is 46.0 Å². The van der Waals surface area contributed by atoms with E-state index in [0.29, 0.717) is 18.9 Å². The highest BCUT2D eigenvalue weighted by atomic mass is 16.6. The predicted molar refractivity (Wildman–Crippen MR) is 106 cm³/mol. The van der Waals surface area contributed by atoms with Gasteiger partial charge in [-0.2, -0.15) is 0 Å². The molecule has 2 heterocycles. The van der Waals surface area contributed by atoms with Crippen molar-refractivity contribution in [2.75, 3.05) is 55.5 Å². The van der Waals surface area contributed by atoms with Crippen molar-refractivity contribution in [3.63, 3.8) is 0 Å².